The van der Waals surface area contributed by atoms with E-state index in [0.29, 0.717) is 36.7 Å². The molecule has 0 aliphatic heterocycles. The largest absolute Gasteiger partial charge is 0.429 e. The predicted molar refractivity (Wildman–Crippen MR) is 103 cm³/mol. The van der Waals surface area contributed by atoms with E-state index in [4.69, 9.17) is 9.99 Å². The molecule has 1 N–H and O–H groups in total. The Labute approximate surface area is 161 Å². The first-order valence-corrected chi connectivity index (χ1v) is 9.48. The van der Waals surface area contributed by atoms with Gasteiger partial charge in [-0.1, -0.05) is 44.2 Å². The van der Waals surface area contributed by atoms with Crippen molar-refractivity contribution in [3.8, 4) is 0 Å². The summed E-state index contributed by atoms with van der Waals surface area (Å²) in [6.45, 7) is 10.3. The molecule has 0 saturated heterocycles. The monoisotopic (exact) mass is 374 g/mol. The topological polar surface area (TPSA) is 72.8 Å². The summed E-state index contributed by atoms with van der Waals surface area (Å²) in [5.74, 6) is 0.450. The fourth-order valence-corrected chi connectivity index (χ4v) is 4.01. The van der Waals surface area contributed by atoms with Crippen LogP contribution in [-0.4, -0.2) is 23.3 Å². The fourth-order valence-electron chi connectivity index (χ4n) is 4.01. The van der Waals surface area contributed by atoms with E-state index < -0.39 is 12.3 Å². The molecule has 0 aromatic heterocycles. The zero-order valence-electron chi connectivity index (χ0n) is 16.4. The molecule has 0 heterocycles. The second-order valence-electron chi connectivity index (χ2n) is 8.15. The molecule has 1 unspecified atom stereocenters. The molecule has 0 amide bonds. The van der Waals surface area contributed by atoms with Crippen LogP contribution in [0.25, 0.3) is 0 Å². The Morgan fingerprint density at radius 2 is 1.93 bits per heavy atom. The molecule has 1 aromatic rings. The lowest BCUT2D eigenvalue weighted by Crippen LogP contribution is -2.44. The maximum atomic E-state index is 12.1. The van der Waals surface area contributed by atoms with Crippen LogP contribution in [0, 0.1) is 17.3 Å². The number of ketones is 1. The van der Waals surface area contributed by atoms with Crippen LogP contribution in [0.15, 0.2) is 42.5 Å². The molecule has 148 valence electrons. The summed E-state index contributed by atoms with van der Waals surface area (Å²) in [6, 6.07) is 8.58. The first-order chi connectivity index (χ1) is 12.7. The van der Waals surface area contributed by atoms with E-state index in [-0.39, 0.29) is 11.2 Å². The van der Waals surface area contributed by atoms with Crippen molar-refractivity contribution >= 4 is 11.8 Å². The molecule has 1 fully saturated rings. The van der Waals surface area contributed by atoms with Gasteiger partial charge in [-0.15, -0.1) is 0 Å². The number of ether oxygens (including phenoxy) is 1. The number of carbonyl (C=O) groups excluding carboxylic acids is 2. The summed E-state index contributed by atoms with van der Waals surface area (Å²) >= 11 is 0. The second kappa shape index (κ2) is 9.29. The molecule has 27 heavy (non-hydrogen) atoms. The fraction of sp³-hybridized carbons (Fsp3) is 0.545. The third kappa shape index (κ3) is 5.75. The van der Waals surface area contributed by atoms with Gasteiger partial charge in [0.25, 0.3) is 0 Å². The normalized spacial score (nSPS) is 21.8. The smallest absolute Gasteiger partial charge is 0.340 e. The standard InChI is InChI=1S/C22H30O5/c1-15(18-14-22(3,4)19(18)12-11-16(2)23)10-13-20(27-25)26-21(24)17-8-6-5-7-9-17/h5-9,18-20,25H,1,10-14H2,2-4H3/t18-,19-,20?/m1/s1. The number of hydrogen-bond donors (Lipinski definition) is 1. The Hall–Kier alpha value is -1.98. The summed E-state index contributed by atoms with van der Waals surface area (Å²) in [5.41, 5.74) is 1.67. The lowest BCUT2D eigenvalue weighted by atomic mass is 9.52. The quantitative estimate of drug-likeness (QED) is 0.204. The van der Waals surface area contributed by atoms with Gasteiger partial charge in [0.1, 0.15) is 5.78 Å². The van der Waals surface area contributed by atoms with E-state index in [0.717, 1.165) is 18.4 Å². The van der Waals surface area contributed by atoms with Gasteiger partial charge in [0.05, 0.1) is 5.56 Å². The number of Topliss-reactive ketones (excluding diaryl/α,β-unsaturated/α-hetero) is 1. The van der Waals surface area contributed by atoms with Crippen molar-refractivity contribution in [2.75, 3.05) is 0 Å². The van der Waals surface area contributed by atoms with E-state index >= 15 is 0 Å². The Bertz CT molecular complexity index is 665. The van der Waals surface area contributed by atoms with Crippen LogP contribution in [0.2, 0.25) is 0 Å². The zero-order chi connectivity index (χ0) is 20.0. The molecule has 1 aromatic carbocycles. The maximum absolute atomic E-state index is 12.1. The average Bonchev–Trinajstić information content (AvgIpc) is 2.63. The van der Waals surface area contributed by atoms with E-state index in [1.165, 1.54) is 0 Å². The highest BCUT2D eigenvalue weighted by Gasteiger charge is 2.47. The number of rotatable bonds is 10. The van der Waals surface area contributed by atoms with Crippen molar-refractivity contribution in [2.24, 2.45) is 17.3 Å². The third-order valence-electron chi connectivity index (χ3n) is 5.63. The number of benzene rings is 1. The van der Waals surface area contributed by atoms with Crippen LogP contribution in [-0.2, 0) is 14.4 Å². The van der Waals surface area contributed by atoms with Crippen LogP contribution in [0.3, 0.4) is 0 Å². The lowest BCUT2D eigenvalue weighted by Gasteiger charge is -2.53. The van der Waals surface area contributed by atoms with E-state index in [1.807, 2.05) is 6.07 Å². The Morgan fingerprint density at radius 1 is 1.26 bits per heavy atom. The first-order valence-electron chi connectivity index (χ1n) is 9.48. The van der Waals surface area contributed by atoms with Gasteiger partial charge in [-0.2, -0.15) is 4.89 Å². The summed E-state index contributed by atoms with van der Waals surface area (Å²) in [4.78, 5) is 27.8. The van der Waals surface area contributed by atoms with Gasteiger partial charge in [0.15, 0.2) is 0 Å². The van der Waals surface area contributed by atoms with Crippen LogP contribution >= 0.6 is 0 Å². The number of carbonyl (C=O) groups is 2. The molecule has 0 spiro atoms. The molecule has 1 aliphatic rings. The Kier molecular flexibility index (Phi) is 7.33. The number of hydrogen-bond acceptors (Lipinski definition) is 5. The number of allylic oxidation sites excluding steroid dienone is 1. The van der Waals surface area contributed by atoms with Crippen molar-refractivity contribution in [3.05, 3.63) is 48.0 Å². The number of esters is 1. The maximum Gasteiger partial charge on any atom is 0.340 e. The van der Waals surface area contributed by atoms with Crippen LogP contribution in [0.5, 0.6) is 0 Å². The minimum atomic E-state index is -1.03. The highest BCUT2D eigenvalue weighted by molar-refractivity contribution is 5.89. The van der Waals surface area contributed by atoms with Crippen molar-refractivity contribution in [3.63, 3.8) is 0 Å². The average molecular weight is 374 g/mol. The minimum absolute atomic E-state index is 0.204. The molecule has 1 aliphatic carbocycles. The predicted octanol–water partition coefficient (Wildman–Crippen LogP) is 5.03. The highest BCUT2D eigenvalue weighted by Crippen LogP contribution is 2.56. The van der Waals surface area contributed by atoms with Crippen molar-refractivity contribution in [1.82, 2.24) is 0 Å². The van der Waals surface area contributed by atoms with Gasteiger partial charge in [0, 0.05) is 12.8 Å². The summed E-state index contributed by atoms with van der Waals surface area (Å²) < 4.78 is 5.22. The molecule has 0 bridgehead atoms. The molecule has 3 atom stereocenters. The Balaban J connectivity index is 1.85. The van der Waals surface area contributed by atoms with Gasteiger partial charge < -0.3 is 9.53 Å². The molecular weight excluding hydrogens is 344 g/mol. The van der Waals surface area contributed by atoms with Gasteiger partial charge in [0.2, 0.25) is 6.29 Å². The first kappa shape index (κ1) is 21.3. The van der Waals surface area contributed by atoms with Crippen molar-refractivity contribution < 1.29 is 24.5 Å². The minimum Gasteiger partial charge on any atom is -0.429 e. The van der Waals surface area contributed by atoms with Crippen LogP contribution in [0.4, 0.5) is 0 Å². The van der Waals surface area contributed by atoms with Gasteiger partial charge in [-0.3, -0.25) is 0 Å². The van der Waals surface area contributed by atoms with E-state index in [2.05, 4.69) is 25.3 Å². The molecule has 5 nitrogen and oxygen atoms in total. The summed E-state index contributed by atoms with van der Waals surface area (Å²) in [5, 5.41) is 9.08. The zero-order valence-corrected chi connectivity index (χ0v) is 16.4. The van der Waals surface area contributed by atoms with E-state index in [9.17, 15) is 9.59 Å². The molecule has 1 saturated carbocycles. The lowest BCUT2D eigenvalue weighted by molar-refractivity contribution is -0.333. The summed E-state index contributed by atoms with van der Waals surface area (Å²) in [7, 11) is 0. The van der Waals surface area contributed by atoms with Crippen LogP contribution in [0.1, 0.15) is 63.2 Å². The SMILES string of the molecule is C=C(CCC(OO)OC(=O)c1ccccc1)[C@H]1CC(C)(C)[C@@H]1CCC(C)=O. The second-order valence-corrected chi connectivity index (χ2v) is 8.15. The molecular formula is C22H30O5. The van der Waals surface area contributed by atoms with Crippen molar-refractivity contribution in [2.45, 2.75) is 59.2 Å². The highest BCUT2D eigenvalue weighted by atomic mass is 17.1. The molecule has 5 heteroatoms. The van der Waals surface area contributed by atoms with Gasteiger partial charge >= 0.3 is 5.97 Å². The molecule has 0 radical (unpaired) electrons. The van der Waals surface area contributed by atoms with Crippen molar-refractivity contribution in [1.29, 1.82) is 0 Å². The Morgan fingerprint density at radius 3 is 2.48 bits per heavy atom. The van der Waals surface area contributed by atoms with Gasteiger partial charge in [-0.05, 0) is 55.6 Å². The van der Waals surface area contributed by atoms with Gasteiger partial charge in [-0.25, -0.2) is 10.1 Å². The van der Waals surface area contributed by atoms with Crippen LogP contribution < -0.4 is 0 Å². The van der Waals surface area contributed by atoms with E-state index in [1.54, 1.807) is 31.2 Å². The summed E-state index contributed by atoms with van der Waals surface area (Å²) in [6.07, 6.45) is 2.39. The molecule has 2 rings (SSSR count). The third-order valence-corrected chi connectivity index (χ3v) is 5.63.